The Labute approximate surface area is 190 Å². The van der Waals surface area contributed by atoms with Crippen LogP contribution in [0.15, 0.2) is 30.3 Å². The lowest BCUT2D eigenvalue weighted by molar-refractivity contribution is 0.0284. The van der Waals surface area contributed by atoms with Gasteiger partial charge in [-0.15, -0.1) is 0 Å². The number of aryl methyl sites for hydroxylation is 2. The molecule has 0 saturated heterocycles. The molecule has 2 amide bonds. The first-order chi connectivity index (χ1) is 15.0. The number of hydrazine groups is 1. The smallest absolute Gasteiger partial charge is 0.272 e. The van der Waals surface area contributed by atoms with Crippen molar-refractivity contribution >= 4 is 11.8 Å². The second-order valence-corrected chi connectivity index (χ2v) is 9.54. The Morgan fingerprint density at radius 1 is 1.03 bits per heavy atom. The Balaban J connectivity index is 1.99. The monoisotopic (exact) mass is 438 g/mol. The van der Waals surface area contributed by atoms with Crippen molar-refractivity contribution in [3.8, 4) is 11.5 Å². The zero-order valence-corrected chi connectivity index (χ0v) is 20.2. The Kier molecular flexibility index (Phi) is 6.82. The van der Waals surface area contributed by atoms with Gasteiger partial charge in [0.15, 0.2) is 11.5 Å². The van der Waals surface area contributed by atoms with Gasteiger partial charge in [-0.3, -0.25) is 15.0 Å². The van der Waals surface area contributed by atoms with Crippen molar-refractivity contribution in [2.75, 3.05) is 13.2 Å². The van der Waals surface area contributed by atoms with E-state index in [9.17, 15) is 9.59 Å². The molecule has 2 aromatic carbocycles. The van der Waals surface area contributed by atoms with Crippen molar-refractivity contribution in [3.05, 3.63) is 58.1 Å². The molecule has 6 nitrogen and oxygen atoms in total. The molecule has 2 aromatic rings. The third-order valence-electron chi connectivity index (χ3n) is 5.81. The minimum atomic E-state index is -0.347. The maximum absolute atomic E-state index is 13.6. The second kappa shape index (κ2) is 9.23. The molecule has 1 unspecified atom stereocenters. The van der Waals surface area contributed by atoms with E-state index in [-0.39, 0.29) is 23.3 Å². The van der Waals surface area contributed by atoms with Crippen LogP contribution in [0.1, 0.15) is 71.5 Å². The number of ether oxygens (including phenoxy) is 2. The molecule has 0 bridgehead atoms. The number of amides is 2. The maximum Gasteiger partial charge on any atom is 0.272 e. The van der Waals surface area contributed by atoms with E-state index in [4.69, 9.17) is 9.47 Å². The van der Waals surface area contributed by atoms with Gasteiger partial charge in [0.05, 0.1) is 6.04 Å². The largest absolute Gasteiger partial charge is 0.486 e. The highest BCUT2D eigenvalue weighted by atomic mass is 16.6. The molecular formula is C26H34N2O4. The molecule has 0 aliphatic carbocycles. The predicted octanol–water partition coefficient (Wildman–Crippen LogP) is 4.99. The minimum Gasteiger partial charge on any atom is -0.486 e. The van der Waals surface area contributed by atoms with E-state index in [1.54, 1.807) is 12.1 Å². The fourth-order valence-electron chi connectivity index (χ4n) is 4.36. The third kappa shape index (κ3) is 4.90. The van der Waals surface area contributed by atoms with Crippen molar-refractivity contribution in [1.29, 1.82) is 0 Å². The van der Waals surface area contributed by atoms with Gasteiger partial charge in [0.25, 0.3) is 11.8 Å². The molecule has 172 valence electrons. The molecule has 1 heterocycles. The van der Waals surface area contributed by atoms with Gasteiger partial charge in [-0.25, -0.2) is 5.01 Å². The number of rotatable bonds is 4. The Bertz CT molecular complexity index is 1000. The SMILES string of the molecule is CCC(N(NC(=O)c1ccc2c(c1C)OCCO2)C(=O)c1cc(C)cc(C)c1)C(C)(C)C. The number of hydrogen-bond acceptors (Lipinski definition) is 4. The average Bonchev–Trinajstić information content (AvgIpc) is 2.71. The van der Waals surface area contributed by atoms with Gasteiger partial charge in [0, 0.05) is 16.7 Å². The summed E-state index contributed by atoms with van der Waals surface area (Å²) >= 11 is 0. The summed E-state index contributed by atoms with van der Waals surface area (Å²) in [4.78, 5) is 27.0. The minimum absolute atomic E-state index is 0.197. The molecule has 6 heteroatoms. The fourth-order valence-corrected chi connectivity index (χ4v) is 4.36. The number of hydrogen-bond donors (Lipinski definition) is 1. The first-order valence-electron chi connectivity index (χ1n) is 11.1. The zero-order valence-electron chi connectivity index (χ0n) is 20.2. The van der Waals surface area contributed by atoms with Crippen LogP contribution in [0, 0.1) is 26.2 Å². The summed E-state index contributed by atoms with van der Waals surface area (Å²) in [6, 6.07) is 9.01. The first-order valence-corrected chi connectivity index (χ1v) is 11.1. The van der Waals surface area contributed by atoms with E-state index in [0.717, 1.165) is 11.1 Å². The number of nitrogens with zero attached hydrogens (tertiary/aromatic N) is 1. The van der Waals surface area contributed by atoms with Crippen LogP contribution in [-0.4, -0.2) is 36.1 Å². The zero-order chi connectivity index (χ0) is 23.6. The number of carbonyl (C=O) groups excluding carboxylic acids is 2. The van der Waals surface area contributed by atoms with Crippen LogP contribution in [0.25, 0.3) is 0 Å². The number of fused-ring (bicyclic) bond motifs is 1. The molecule has 0 fully saturated rings. The number of benzene rings is 2. The molecule has 1 atom stereocenters. The highest BCUT2D eigenvalue weighted by Crippen LogP contribution is 2.35. The topological polar surface area (TPSA) is 67.9 Å². The lowest BCUT2D eigenvalue weighted by Crippen LogP contribution is -2.56. The lowest BCUT2D eigenvalue weighted by Gasteiger charge is -2.39. The summed E-state index contributed by atoms with van der Waals surface area (Å²) in [7, 11) is 0. The van der Waals surface area contributed by atoms with E-state index in [1.165, 1.54) is 5.01 Å². The van der Waals surface area contributed by atoms with Gasteiger partial charge in [-0.2, -0.15) is 0 Å². The normalized spacial score (nSPS) is 14.0. The molecule has 0 radical (unpaired) electrons. The van der Waals surface area contributed by atoms with E-state index in [1.807, 2.05) is 45.9 Å². The predicted molar refractivity (Wildman–Crippen MR) is 125 cm³/mol. The highest BCUT2D eigenvalue weighted by Gasteiger charge is 2.35. The summed E-state index contributed by atoms with van der Waals surface area (Å²) in [5, 5.41) is 1.51. The van der Waals surface area contributed by atoms with Crippen LogP contribution in [0.4, 0.5) is 0 Å². The van der Waals surface area contributed by atoms with Crippen LogP contribution in [-0.2, 0) is 0 Å². The highest BCUT2D eigenvalue weighted by molar-refractivity contribution is 6.00. The molecule has 32 heavy (non-hydrogen) atoms. The van der Waals surface area contributed by atoms with Crippen LogP contribution in [0.3, 0.4) is 0 Å². The number of nitrogens with one attached hydrogen (secondary N) is 1. The Hall–Kier alpha value is -3.02. The van der Waals surface area contributed by atoms with Crippen molar-refractivity contribution < 1.29 is 19.1 Å². The van der Waals surface area contributed by atoms with E-state index < -0.39 is 0 Å². The Morgan fingerprint density at radius 3 is 2.25 bits per heavy atom. The van der Waals surface area contributed by atoms with E-state index in [2.05, 4.69) is 26.2 Å². The van der Waals surface area contributed by atoms with Gasteiger partial charge >= 0.3 is 0 Å². The van der Waals surface area contributed by atoms with Crippen molar-refractivity contribution in [2.24, 2.45) is 5.41 Å². The van der Waals surface area contributed by atoms with Gasteiger partial charge in [0.1, 0.15) is 13.2 Å². The quantitative estimate of drug-likeness (QED) is 0.683. The van der Waals surface area contributed by atoms with Crippen molar-refractivity contribution in [1.82, 2.24) is 10.4 Å². The summed E-state index contributed by atoms with van der Waals surface area (Å²) in [5.41, 5.74) is 6.41. The first kappa shape index (κ1) is 23.6. The molecule has 0 aromatic heterocycles. The number of carbonyl (C=O) groups is 2. The van der Waals surface area contributed by atoms with Crippen LogP contribution in [0.5, 0.6) is 11.5 Å². The standard InChI is InChI=1S/C26H34N2O4/c1-8-22(26(5,6)7)28(25(30)19-14-16(2)13-17(3)15-19)27-24(29)20-9-10-21-23(18(20)4)32-12-11-31-21/h9-10,13-15,22H,8,11-12H2,1-7H3,(H,27,29). The summed E-state index contributed by atoms with van der Waals surface area (Å²) in [6.07, 6.45) is 0.695. The summed E-state index contributed by atoms with van der Waals surface area (Å²) in [5.74, 6) is 0.649. The molecular weight excluding hydrogens is 404 g/mol. The van der Waals surface area contributed by atoms with E-state index >= 15 is 0 Å². The van der Waals surface area contributed by atoms with Gasteiger partial charge in [-0.05, 0) is 56.9 Å². The summed E-state index contributed by atoms with van der Waals surface area (Å²) < 4.78 is 11.3. The van der Waals surface area contributed by atoms with Crippen molar-refractivity contribution in [2.45, 2.75) is 60.9 Å². The van der Waals surface area contributed by atoms with Gasteiger partial charge in [-0.1, -0.05) is 44.9 Å². The van der Waals surface area contributed by atoms with Gasteiger partial charge in [0.2, 0.25) is 0 Å². The molecule has 1 N–H and O–H groups in total. The Morgan fingerprint density at radius 2 is 1.66 bits per heavy atom. The maximum atomic E-state index is 13.6. The van der Waals surface area contributed by atoms with Crippen molar-refractivity contribution in [3.63, 3.8) is 0 Å². The molecule has 3 rings (SSSR count). The van der Waals surface area contributed by atoms with Crippen LogP contribution < -0.4 is 14.9 Å². The van der Waals surface area contributed by atoms with E-state index in [0.29, 0.717) is 47.8 Å². The fraction of sp³-hybridized carbons (Fsp3) is 0.462. The van der Waals surface area contributed by atoms with Crippen LogP contribution >= 0.6 is 0 Å². The summed E-state index contributed by atoms with van der Waals surface area (Å²) in [6.45, 7) is 14.9. The molecule has 1 aliphatic heterocycles. The lowest BCUT2D eigenvalue weighted by atomic mass is 9.84. The molecule has 0 spiro atoms. The van der Waals surface area contributed by atoms with Crippen LogP contribution in [0.2, 0.25) is 0 Å². The molecule has 1 aliphatic rings. The molecule has 0 saturated carbocycles. The average molecular weight is 439 g/mol. The third-order valence-corrected chi connectivity index (χ3v) is 5.81. The second-order valence-electron chi connectivity index (χ2n) is 9.54. The van der Waals surface area contributed by atoms with Gasteiger partial charge < -0.3 is 9.47 Å².